The molecule has 2 fully saturated rings. The lowest BCUT2D eigenvalue weighted by atomic mass is 10.0. The number of hydrogen-bond acceptors (Lipinski definition) is 5. The lowest BCUT2D eigenvalue weighted by Gasteiger charge is -2.33. The Labute approximate surface area is 198 Å². The van der Waals surface area contributed by atoms with Crippen LogP contribution in [0.25, 0.3) is 17.0 Å². The Morgan fingerprint density at radius 3 is 2.70 bits per heavy atom. The van der Waals surface area contributed by atoms with Crippen LogP contribution in [-0.2, 0) is 25.7 Å². The molecule has 2 amide bonds. The van der Waals surface area contributed by atoms with E-state index in [1.54, 1.807) is 13.1 Å². The maximum Gasteiger partial charge on any atom is 0.325 e. The number of aromatic nitrogens is 1. The first-order valence-corrected chi connectivity index (χ1v) is 11.5. The highest BCUT2D eigenvalue weighted by Gasteiger charge is 2.37. The van der Waals surface area contributed by atoms with Crippen molar-refractivity contribution in [3.63, 3.8) is 0 Å². The monoisotopic (exact) mass is 468 g/mol. The van der Waals surface area contributed by atoms with Gasteiger partial charge in [-0.15, -0.1) is 0 Å². The van der Waals surface area contributed by atoms with Crippen LogP contribution in [-0.4, -0.2) is 75.5 Å². The molecule has 0 unspecified atom stereocenters. The van der Waals surface area contributed by atoms with Gasteiger partial charge in [-0.25, -0.2) is 0 Å². The summed E-state index contributed by atoms with van der Waals surface area (Å²) in [6.07, 6.45) is 6.83. The minimum atomic E-state index is -0.491. The van der Waals surface area contributed by atoms with Gasteiger partial charge in [0, 0.05) is 42.3 Å². The number of piperidine rings is 1. The van der Waals surface area contributed by atoms with E-state index in [1.807, 2.05) is 39.9 Å². The van der Waals surface area contributed by atoms with Crippen LogP contribution in [0.4, 0.5) is 0 Å². The number of fused-ring (bicyclic) bond motifs is 1. The van der Waals surface area contributed by atoms with Crippen molar-refractivity contribution in [2.75, 3.05) is 27.2 Å². The Morgan fingerprint density at radius 2 is 1.97 bits per heavy atom. The Balaban J connectivity index is 1.70. The van der Waals surface area contributed by atoms with E-state index < -0.39 is 5.97 Å². The largest absolute Gasteiger partial charge is 0.468 e. The molecule has 9 heteroatoms. The molecule has 0 N–H and O–H groups in total. The highest BCUT2D eigenvalue weighted by Crippen LogP contribution is 2.28. The van der Waals surface area contributed by atoms with Crippen molar-refractivity contribution in [1.82, 2.24) is 19.3 Å². The molecule has 3 heterocycles. The second-order valence-corrected chi connectivity index (χ2v) is 8.87. The molecule has 0 spiro atoms. The second-order valence-electron chi connectivity index (χ2n) is 8.50. The number of carbonyl (C=O) groups is 3. The Morgan fingerprint density at radius 1 is 1.21 bits per heavy atom. The number of likely N-dealkylation sites (tertiary alicyclic amines) is 1. The fraction of sp³-hybridized carbons (Fsp3) is 0.417. The Hall–Kier alpha value is -3.20. The topological polar surface area (TPSA) is 75.1 Å². The molecule has 2 aromatic rings. The van der Waals surface area contributed by atoms with Gasteiger partial charge >= 0.3 is 5.97 Å². The summed E-state index contributed by atoms with van der Waals surface area (Å²) in [4.78, 5) is 42.6. The molecule has 1 aromatic heterocycles. The first-order chi connectivity index (χ1) is 15.8. The standard InChI is InChI=1S/C24H28N4O4S/c1-16-8-6-7-11-27(16)21(29)14-26-13-17(18-9-4-5-10-19(18)26)12-20-23(31)25(2)24(33)28(20)15-22(30)32-3/h4-5,9-10,12-13,16H,6-8,11,14-15H2,1-3H3/b20-12-/t16-/m1/s1. The fourth-order valence-electron chi connectivity index (χ4n) is 4.52. The van der Waals surface area contributed by atoms with E-state index in [2.05, 4.69) is 6.92 Å². The molecular weight excluding hydrogens is 440 g/mol. The van der Waals surface area contributed by atoms with Crippen LogP contribution in [0.5, 0.6) is 0 Å². The fourth-order valence-corrected chi connectivity index (χ4v) is 4.76. The van der Waals surface area contributed by atoms with E-state index in [0.717, 1.165) is 42.3 Å². The van der Waals surface area contributed by atoms with E-state index in [4.69, 9.17) is 17.0 Å². The van der Waals surface area contributed by atoms with Crippen molar-refractivity contribution < 1.29 is 19.1 Å². The average Bonchev–Trinajstić information content (AvgIpc) is 3.25. The number of esters is 1. The van der Waals surface area contributed by atoms with Crippen LogP contribution in [0.3, 0.4) is 0 Å². The zero-order chi connectivity index (χ0) is 23.7. The first kappa shape index (κ1) is 23.0. The number of hydrogen-bond donors (Lipinski definition) is 0. The molecule has 2 aliphatic heterocycles. The quantitative estimate of drug-likeness (QED) is 0.382. The third-order valence-electron chi connectivity index (χ3n) is 6.39. The summed E-state index contributed by atoms with van der Waals surface area (Å²) in [5.74, 6) is -0.693. The summed E-state index contributed by atoms with van der Waals surface area (Å²) >= 11 is 5.37. The van der Waals surface area contributed by atoms with Gasteiger partial charge in [0.15, 0.2) is 5.11 Å². The minimum Gasteiger partial charge on any atom is -0.468 e. The number of benzene rings is 1. The van der Waals surface area contributed by atoms with Crippen LogP contribution in [0, 0.1) is 0 Å². The third-order valence-corrected chi connectivity index (χ3v) is 6.88. The summed E-state index contributed by atoms with van der Waals surface area (Å²) < 4.78 is 6.70. The lowest BCUT2D eigenvalue weighted by Crippen LogP contribution is -2.43. The molecule has 1 aromatic carbocycles. The molecule has 1 atom stereocenters. The van der Waals surface area contributed by atoms with Crippen molar-refractivity contribution >= 4 is 52.1 Å². The van der Waals surface area contributed by atoms with Crippen LogP contribution < -0.4 is 0 Å². The zero-order valence-corrected chi connectivity index (χ0v) is 19.9. The maximum absolute atomic E-state index is 13.1. The number of thiocarbonyl (C=S) groups is 1. The molecule has 8 nitrogen and oxygen atoms in total. The molecule has 0 saturated carbocycles. The van der Waals surface area contributed by atoms with Crippen molar-refractivity contribution in [2.24, 2.45) is 0 Å². The lowest BCUT2D eigenvalue weighted by molar-refractivity contribution is -0.140. The molecule has 0 bridgehead atoms. The SMILES string of the molecule is COC(=O)CN1C(=S)N(C)C(=O)/C1=C/c1cn(CC(=O)N2CCCC[C@H]2C)c2ccccc12. The van der Waals surface area contributed by atoms with E-state index >= 15 is 0 Å². The highest BCUT2D eigenvalue weighted by atomic mass is 32.1. The number of carbonyl (C=O) groups excluding carboxylic acids is 3. The first-order valence-electron chi connectivity index (χ1n) is 11.1. The van der Waals surface area contributed by atoms with Gasteiger partial charge < -0.3 is 19.1 Å². The van der Waals surface area contributed by atoms with Crippen molar-refractivity contribution in [2.45, 2.75) is 38.8 Å². The second kappa shape index (κ2) is 9.35. The van der Waals surface area contributed by atoms with Crippen molar-refractivity contribution in [3.05, 3.63) is 41.7 Å². The van der Waals surface area contributed by atoms with Crippen LogP contribution in [0.2, 0.25) is 0 Å². The number of nitrogens with zero attached hydrogens (tertiary/aromatic N) is 4. The van der Waals surface area contributed by atoms with Crippen molar-refractivity contribution in [1.29, 1.82) is 0 Å². The van der Waals surface area contributed by atoms with Gasteiger partial charge in [0.2, 0.25) is 5.91 Å². The van der Waals surface area contributed by atoms with Gasteiger partial charge in [-0.05, 0) is 50.5 Å². The number of para-hydroxylation sites is 1. The van der Waals surface area contributed by atoms with Gasteiger partial charge in [0.05, 0.1) is 7.11 Å². The molecule has 2 aliphatic rings. The predicted octanol–water partition coefficient (Wildman–Crippen LogP) is 2.62. The number of methoxy groups -OCH3 is 1. The number of likely N-dealkylation sites (N-methyl/N-ethyl adjacent to an activating group) is 1. The van der Waals surface area contributed by atoms with Gasteiger partial charge in [0.1, 0.15) is 18.8 Å². The summed E-state index contributed by atoms with van der Waals surface area (Å²) in [7, 11) is 2.88. The normalized spacial score (nSPS) is 20.3. The van der Waals surface area contributed by atoms with Gasteiger partial charge in [0.25, 0.3) is 5.91 Å². The molecular formula is C24H28N4O4S. The van der Waals surface area contributed by atoms with Crippen LogP contribution in [0.1, 0.15) is 31.7 Å². The number of amides is 2. The van der Waals surface area contributed by atoms with Gasteiger partial charge in [-0.2, -0.15) is 0 Å². The molecule has 0 aliphatic carbocycles. The van der Waals surface area contributed by atoms with Crippen LogP contribution >= 0.6 is 12.2 Å². The van der Waals surface area contributed by atoms with E-state index in [1.165, 1.54) is 16.9 Å². The number of ether oxygens (including phenoxy) is 1. The maximum atomic E-state index is 13.1. The summed E-state index contributed by atoms with van der Waals surface area (Å²) in [5.41, 5.74) is 1.98. The van der Waals surface area contributed by atoms with Crippen LogP contribution in [0.15, 0.2) is 36.2 Å². The minimum absolute atomic E-state index is 0.0901. The molecule has 4 rings (SSSR count). The summed E-state index contributed by atoms with van der Waals surface area (Å²) in [5, 5.41) is 1.16. The zero-order valence-electron chi connectivity index (χ0n) is 19.1. The van der Waals surface area contributed by atoms with E-state index in [9.17, 15) is 14.4 Å². The smallest absolute Gasteiger partial charge is 0.325 e. The van der Waals surface area contributed by atoms with Crippen molar-refractivity contribution in [3.8, 4) is 0 Å². The summed E-state index contributed by atoms with van der Waals surface area (Å²) in [6, 6.07) is 8.01. The molecule has 0 radical (unpaired) electrons. The van der Waals surface area contributed by atoms with Gasteiger partial charge in [-0.1, -0.05) is 18.2 Å². The van der Waals surface area contributed by atoms with Gasteiger partial charge in [-0.3, -0.25) is 19.3 Å². The summed E-state index contributed by atoms with van der Waals surface area (Å²) in [6.45, 7) is 2.96. The molecule has 2 saturated heterocycles. The Bertz CT molecular complexity index is 1150. The Kier molecular flexibility index (Phi) is 6.51. The molecule has 33 heavy (non-hydrogen) atoms. The average molecular weight is 469 g/mol. The third kappa shape index (κ3) is 4.37. The number of rotatable bonds is 5. The van der Waals surface area contributed by atoms with E-state index in [-0.39, 0.29) is 36.1 Å². The van der Waals surface area contributed by atoms with E-state index in [0.29, 0.717) is 5.70 Å². The molecule has 174 valence electrons. The highest BCUT2D eigenvalue weighted by molar-refractivity contribution is 7.80. The predicted molar refractivity (Wildman–Crippen MR) is 129 cm³/mol.